The number of carbonyl (C=O) groups excluding carboxylic acids is 1. The molecule has 3 rings (SSSR count). The predicted molar refractivity (Wildman–Crippen MR) is 125 cm³/mol. The highest BCUT2D eigenvalue weighted by Gasteiger charge is 2.27. The molecule has 0 fully saturated rings. The number of methoxy groups -OCH3 is 3. The van der Waals surface area contributed by atoms with Gasteiger partial charge < -0.3 is 19.5 Å². The number of rotatable bonds is 10. The summed E-state index contributed by atoms with van der Waals surface area (Å²) in [6.45, 7) is -0.386. The molecular weight excluding hydrogens is 463 g/mol. The summed E-state index contributed by atoms with van der Waals surface area (Å²) in [5.74, 6) is 0.170. The van der Waals surface area contributed by atoms with Crippen LogP contribution in [0.2, 0.25) is 0 Å². The van der Waals surface area contributed by atoms with E-state index in [9.17, 15) is 17.6 Å². The van der Waals surface area contributed by atoms with Gasteiger partial charge in [-0.1, -0.05) is 18.2 Å². The Labute approximate surface area is 197 Å². The third-order valence-electron chi connectivity index (χ3n) is 4.95. The number of hydrogen-bond donors (Lipinski definition) is 1. The Morgan fingerprint density at radius 1 is 0.912 bits per heavy atom. The van der Waals surface area contributed by atoms with Crippen LogP contribution in [0.5, 0.6) is 17.2 Å². The first-order valence-corrected chi connectivity index (χ1v) is 11.6. The van der Waals surface area contributed by atoms with E-state index in [1.807, 2.05) is 0 Å². The largest absolute Gasteiger partial charge is 0.493 e. The quantitative estimate of drug-likeness (QED) is 0.470. The van der Waals surface area contributed by atoms with Gasteiger partial charge in [-0.15, -0.1) is 0 Å². The Bertz CT molecular complexity index is 1210. The molecule has 0 aliphatic heterocycles. The van der Waals surface area contributed by atoms with Crippen molar-refractivity contribution in [1.82, 2.24) is 5.32 Å². The normalized spacial score (nSPS) is 10.9. The van der Waals surface area contributed by atoms with Gasteiger partial charge in [0, 0.05) is 6.54 Å². The molecule has 34 heavy (non-hydrogen) atoms. The number of carbonyl (C=O) groups is 1. The lowest BCUT2D eigenvalue weighted by Crippen LogP contribution is -2.40. The number of halogens is 1. The van der Waals surface area contributed by atoms with Gasteiger partial charge in [-0.25, -0.2) is 12.8 Å². The molecule has 0 aliphatic carbocycles. The van der Waals surface area contributed by atoms with Gasteiger partial charge in [0.2, 0.25) is 11.7 Å². The summed E-state index contributed by atoms with van der Waals surface area (Å²) in [5, 5.41) is 2.71. The molecule has 0 spiro atoms. The number of ether oxygens (including phenoxy) is 3. The van der Waals surface area contributed by atoms with Crippen LogP contribution in [0.3, 0.4) is 0 Å². The predicted octanol–water partition coefficient (Wildman–Crippen LogP) is 3.36. The first-order chi connectivity index (χ1) is 16.3. The number of nitrogens with one attached hydrogen (secondary N) is 1. The van der Waals surface area contributed by atoms with Gasteiger partial charge in [-0.05, 0) is 54.1 Å². The molecule has 0 bridgehead atoms. The Morgan fingerprint density at radius 2 is 1.50 bits per heavy atom. The van der Waals surface area contributed by atoms with Gasteiger partial charge in [0.25, 0.3) is 10.0 Å². The van der Waals surface area contributed by atoms with Crippen molar-refractivity contribution in [1.29, 1.82) is 0 Å². The monoisotopic (exact) mass is 488 g/mol. The van der Waals surface area contributed by atoms with E-state index < -0.39 is 28.3 Å². The van der Waals surface area contributed by atoms with Gasteiger partial charge in [0.15, 0.2) is 11.5 Å². The zero-order valence-corrected chi connectivity index (χ0v) is 19.8. The van der Waals surface area contributed by atoms with Crippen molar-refractivity contribution in [3.8, 4) is 17.2 Å². The van der Waals surface area contributed by atoms with Gasteiger partial charge in [-0.2, -0.15) is 0 Å². The Morgan fingerprint density at radius 3 is 2.03 bits per heavy atom. The highest BCUT2D eigenvalue weighted by Crippen LogP contribution is 2.38. The summed E-state index contributed by atoms with van der Waals surface area (Å²) in [5.41, 5.74) is 0.963. The van der Waals surface area contributed by atoms with E-state index in [2.05, 4.69) is 5.32 Å². The van der Waals surface area contributed by atoms with Gasteiger partial charge >= 0.3 is 0 Å². The first-order valence-electron chi connectivity index (χ1n) is 10.2. The average molecular weight is 489 g/mol. The number of sulfonamides is 1. The molecule has 0 aliphatic rings. The molecule has 0 unspecified atom stereocenters. The second kappa shape index (κ2) is 10.9. The van der Waals surface area contributed by atoms with Crippen molar-refractivity contribution >= 4 is 21.6 Å². The van der Waals surface area contributed by atoms with Crippen LogP contribution in [0.4, 0.5) is 10.1 Å². The lowest BCUT2D eigenvalue weighted by molar-refractivity contribution is -0.119. The Balaban J connectivity index is 1.83. The van der Waals surface area contributed by atoms with Crippen LogP contribution in [-0.4, -0.2) is 42.2 Å². The number of benzene rings is 3. The maximum atomic E-state index is 13.3. The fraction of sp³-hybridized carbons (Fsp3) is 0.208. The molecule has 3 aromatic carbocycles. The van der Waals surface area contributed by atoms with Crippen molar-refractivity contribution < 1.29 is 31.8 Å². The molecule has 1 amide bonds. The van der Waals surface area contributed by atoms with E-state index in [-0.39, 0.29) is 11.4 Å². The molecule has 1 N–H and O–H groups in total. The molecule has 0 atom stereocenters. The van der Waals surface area contributed by atoms with E-state index in [0.717, 1.165) is 28.6 Å². The van der Waals surface area contributed by atoms with E-state index >= 15 is 0 Å². The molecule has 0 saturated carbocycles. The number of nitrogens with zero attached hydrogens (tertiary/aromatic N) is 1. The lowest BCUT2D eigenvalue weighted by atomic mass is 10.1. The van der Waals surface area contributed by atoms with Crippen LogP contribution in [0.1, 0.15) is 5.56 Å². The van der Waals surface area contributed by atoms with Crippen LogP contribution in [0.25, 0.3) is 0 Å². The standard InChI is InChI=1S/C24H25FN2O6S/c1-31-21-13-17(14-22(32-2)24(21)33-3)15-26-23(28)16-27(19-7-5-4-6-8-19)34(29,30)20-11-9-18(25)10-12-20/h4-14H,15-16H2,1-3H3,(H,26,28). The molecule has 0 heterocycles. The Kier molecular flexibility index (Phi) is 7.95. The van der Waals surface area contributed by atoms with E-state index in [1.165, 1.54) is 21.3 Å². The summed E-state index contributed by atoms with van der Waals surface area (Å²) in [7, 11) is 0.325. The van der Waals surface area contributed by atoms with Gasteiger partial charge in [-0.3, -0.25) is 9.10 Å². The van der Waals surface area contributed by atoms with Crippen LogP contribution >= 0.6 is 0 Å². The maximum Gasteiger partial charge on any atom is 0.264 e. The van der Waals surface area contributed by atoms with E-state index in [0.29, 0.717) is 28.5 Å². The van der Waals surface area contributed by atoms with Gasteiger partial charge in [0.05, 0.1) is 31.9 Å². The zero-order chi connectivity index (χ0) is 24.7. The molecule has 180 valence electrons. The molecule has 3 aromatic rings. The SMILES string of the molecule is COc1cc(CNC(=O)CN(c2ccccc2)S(=O)(=O)c2ccc(F)cc2)cc(OC)c1OC. The lowest BCUT2D eigenvalue weighted by Gasteiger charge is -2.24. The highest BCUT2D eigenvalue weighted by molar-refractivity contribution is 7.92. The highest BCUT2D eigenvalue weighted by atomic mass is 32.2. The Hall–Kier alpha value is -3.79. The van der Waals surface area contributed by atoms with Crippen LogP contribution in [0, 0.1) is 5.82 Å². The number of amides is 1. The zero-order valence-electron chi connectivity index (χ0n) is 18.9. The summed E-state index contributed by atoms with van der Waals surface area (Å²) in [6, 6.07) is 16.0. The first kappa shape index (κ1) is 24.8. The minimum atomic E-state index is -4.13. The smallest absolute Gasteiger partial charge is 0.264 e. The van der Waals surface area contributed by atoms with E-state index in [4.69, 9.17) is 14.2 Å². The fourth-order valence-corrected chi connectivity index (χ4v) is 4.69. The summed E-state index contributed by atoms with van der Waals surface area (Å²) >= 11 is 0. The van der Waals surface area contributed by atoms with E-state index in [1.54, 1.807) is 42.5 Å². The second-order valence-corrected chi connectivity index (χ2v) is 8.97. The minimum Gasteiger partial charge on any atom is -0.493 e. The molecular formula is C24H25FN2O6S. The molecule has 0 aromatic heterocycles. The average Bonchev–Trinajstić information content (AvgIpc) is 2.85. The summed E-state index contributed by atoms with van der Waals surface area (Å²) in [4.78, 5) is 12.7. The number of hydrogen-bond acceptors (Lipinski definition) is 6. The summed E-state index contributed by atoms with van der Waals surface area (Å²) < 4.78 is 56.8. The fourth-order valence-electron chi connectivity index (χ4n) is 3.27. The third kappa shape index (κ3) is 5.57. The molecule has 10 heteroatoms. The van der Waals surface area contributed by atoms with Crippen molar-refractivity contribution in [3.05, 3.63) is 78.1 Å². The third-order valence-corrected chi connectivity index (χ3v) is 6.74. The second-order valence-electron chi connectivity index (χ2n) is 7.11. The molecule has 0 saturated heterocycles. The van der Waals surface area contributed by atoms with Gasteiger partial charge in [0.1, 0.15) is 12.4 Å². The topological polar surface area (TPSA) is 94.2 Å². The van der Waals surface area contributed by atoms with Crippen LogP contribution < -0.4 is 23.8 Å². The van der Waals surface area contributed by atoms with Crippen LogP contribution in [0.15, 0.2) is 71.6 Å². The van der Waals surface area contributed by atoms with Crippen molar-refractivity contribution in [2.45, 2.75) is 11.4 Å². The number of para-hydroxylation sites is 1. The maximum absolute atomic E-state index is 13.3. The van der Waals surface area contributed by atoms with Crippen molar-refractivity contribution in [2.75, 3.05) is 32.2 Å². The number of anilines is 1. The minimum absolute atomic E-state index is 0.0920. The summed E-state index contributed by atoms with van der Waals surface area (Å²) in [6.07, 6.45) is 0. The van der Waals surface area contributed by atoms with Crippen LogP contribution in [-0.2, 0) is 21.4 Å². The van der Waals surface area contributed by atoms with Crippen molar-refractivity contribution in [3.63, 3.8) is 0 Å². The molecule has 0 radical (unpaired) electrons. The van der Waals surface area contributed by atoms with Crippen molar-refractivity contribution in [2.24, 2.45) is 0 Å². The molecule has 8 nitrogen and oxygen atoms in total.